The van der Waals surface area contributed by atoms with Gasteiger partial charge in [0.2, 0.25) is 0 Å². The molecule has 0 amide bonds. The van der Waals surface area contributed by atoms with E-state index in [0.29, 0.717) is 0 Å². The van der Waals surface area contributed by atoms with E-state index in [1.54, 1.807) is 0 Å². The molecule has 5 aromatic carbocycles. The van der Waals surface area contributed by atoms with Gasteiger partial charge in [-0.3, -0.25) is 0 Å². The van der Waals surface area contributed by atoms with E-state index in [4.69, 9.17) is 4.42 Å². The first kappa shape index (κ1) is 21.0. The van der Waals surface area contributed by atoms with Gasteiger partial charge in [0.15, 0.2) is 0 Å². The summed E-state index contributed by atoms with van der Waals surface area (Å²) in [5, 5.41) is 2.37. The number of furan rings is 1. The highest BCUT2D eigenvalue weighted by molar-refractivity contribution is 6.08. The second-order valence-corrected chi connectivity index (χ2v) is 11.8. The van der Waals surface area contributed by atoms with Crippen LogP contribution in [0.25, 0.3) is 55.3 Å². The maximum atomic E-state index is 6.52. The first-order chi connectivity index (χ1) is 17.8. The molecule has 6 aromatic rings. The van der Waals surface area contributed by atoms with Crippen LogP contribution in [0.15, 0.2) is 101 Å². The molecule has 0 atom stereocenters. The van der Waals surface area contributed by atoms with Crippen molar-refractivity contribution in [2.24, 2.45) is 0 Å². The zero-order chi connectivity index (χ0) is 25.1. The minimum absolute atomic E-state index is 0.00490. The normalized spacial score (nSPS) is 16.0. The van der Waals surface area contributed by atoms with Gasteiger partial charge >= 0.3 is 0 Å². The number of hydrogen-bond acceptors (Lipinski definition) is 1. The van der Waals surface area contributed by atoms with E-state index >= 15 is 0 Å². The lowest BCUT2D eigenvalue weighted by Crippen LogP contribution is -2.14. The van der Waals surface area contributed by atoms with Crippen molar-refractivity contribution in [1.82, 2.24) is 0 Å². The fraction of sp³-hybridized carbons (Fsp3) is 0.167. The van der Waals surface area contributed by atoms with Crippen LogP contribution in [0.4, 0.5) is 0 Å². The quantitative estimate of drug-likeness (QED) is 0.230. The van der Waals surface area contributed by atoms with Crippen molar-refractivity contribution >= 4 is 21.9 Å². The van der Waals surface area contributed by atoms with Crippen molar-refractivity contribution < 1.29 is 4.42 Å². The molecule has 0 spiro atoms. The second-order valence-electron chi connectivity index (χ2n) is 11.8. The van der Waals surface area contributed by atoms with Crippen LogP contribution in [-0.2, 0) is 10.8 Å². The van der Waals surface area contributed by atoms with Gasteiger partial charge in [0, 0.05) is 21.6 Å². The fourth-order valence-corrected chi connectivity index (χ4v) is 7.03. The van der Waals surface area contributed by atoms with Crippen molar-refractivity contribution in [3.05, 3.63) is 119 Å². The summed E-state index contributed by atoms with van der Waals surface area (Å²) in [6.07, 6.45) is 0. The molecule has 0 saturated heterocycles. The number of hydrogen-bond donors (Lipinski definition) is 0. The first-order valence-electron chi connectivity index (χ1n) is 13.2. The Labute approximate surface area is 217 Å². The van der Waals surface area contributed by atoms with Crippen molar-refractivity contribution in [3.63, 3.8) is 0 Å². The minimum atomic E-state index is -0.0287. The topological polar surface area (TPSA) is 13.1 Å². The Morgan fingerprint density at radius 3 is 1.70 bits per heavy atom. The predicted molar refractivity (Wildman–Crippen MR) is 154 cm³/mol. The molecule has 1 heteroatoms. The van der Waals surface area contributed by atoms with Crippen LogP contribution in [0.2, 0.25) is 0 Å². The number of fused-ring (bicyclic) bond motifs is 9. The zero-order valence-electron chi connectivity index (χ0n) is 21.6. The molecule has 0 aliphatic heterocycles. The van der Waals surface area contributed by atoms with Gasteiger partial charge in [-0.25, -0.2) is 0 Å². The maximum Gasteiger partial charge on any atom is 0.136 e. The standard InChI is InChI=1S/C36H28O/c1-35(2)29-11-7-5-9-23(29)25-15-13-21(17-31(25)35)22-14-16-26-28-19-27-24-10-6-8-12-30(24)36(3,4)32(27)20-34(28)37-33(26)18-22/h5-20H,1-4H3. The highest BCUT2D eigenvalue weighted by Crippen LogP contribution is 2.51. The van der Waals surface area contributed by atoms with E-state index in [-0.39, 0.29) is 10.8 Å². The Morgan fingerprint density at radius 1 is 0.432 bits per heavy atom. The largest absolute Gasteiger partial charge is 0.456 e. The van der Waals surface area contributed by atoms with Gasteiger partial charge in [0.25, 0.3) is 0 Å². The van der Waals surface area contributed by atoms with Crippen LogP contribution in [-0.4, -0.2) is 0 Å². The van der Waals surface area contributed by atoms with Gasteiger partial charge in [-0.2, -0.15) is 0 Å². The Kier molecular flexibility index (Phi) is 3.87. The van der Waals surface area contributed by atoms with Crippen molar-refractivity contribution in [2.45, 2.75) is 38.5 Å². The van der Waals surface area contributed by atoms with E-state index in [1.807, 2.05) is 0 Å². The van der Waals surface area contributed by atoms with Gasteiger partial charge in [-0.05, 0) is 86.0 Å². The molecule has 2 aliphatic rings. The van der Waals surface area contributed by atoms with Gasteiger partial charge in [0.05, 0.1) is 0 Å². The predicted octanol–water partition coefficient (Wildman–Crippen LogP) is 9.87. The van der Waals surface area contributed by atoms with Gasteiger partial charge < -0.3 is 4.42 Å². The van der Waals surface area contributed by atoms with Crippen LogP contribution in [0.3, 0.4) is 0 Å². The highest BCUT2D eigenvalue weighted by Gasteiger charge is 2.37. The Bertz CT molecular complexity index is 1930. The molecule has 0 saturated carbocycles. The third-order valence-electron chi connectivity index (χ3n) is 9.09. The lowest BCUT2D eigenvalue weighted by molar-refractivity contribution is 0.647. The molecule has 0 unspecified atom stereocenters. The molecule has 178 valence electrons. The van der Waals surface area contributed by atoms with Crippen molar-refractivity contribution in [2.75, 3.05) is 0 Å². The summed E-state index contributed by atoms with van der Waals surface area (Å²) >= 11 is 0. The summed E-state index contributed by atoms with van der Waals surface area (Å²) in [6.45, 7) is 9.31. The Hall–Kier alpha value is -4.10. The van der Waals surface area contributed by atoms with Crippen LogP contribution in [0.1, 0.15) is 49.9 Å². The van der Waals surface area contributed by atoms with E-state index in [2.05, 4.69) is 125 Å². The Morgan fingerprint density at radius 2 is 0.973 bits per heavy atom. The van der Waals surface area contributed by atoms with Crippen LogP contribution in [0.5, 0.6) is 0 Å². The molecular formula is C36H28O. The molecular weight excluding hydrogens is 448 g/mol. The van der Waals surface area contributed by atoms with E-state index in [1.165, 1.54) is 66.4 Å². The SMILES string of the molecule is CC1(C)c2ccccc2-c2ccc(-c3ccc4c(c3)oc3cc5c(cc34)-c3ccccc3C5(C)C)cc21. The molecule has 0 bridgehead atoms. The zero-order valence-corrected chi connectivity index (χ0v) is 21.6. The number of rotatable bonds is 1. The lowest BCUT2D eigenvalue weighted by atomic mass is 9.81. The van der Waals surface area contributed by atoms with Crippen LogP contribution >= 0.6 is 0 Å². The number of benzene rings is 5. The monoisotopic (exact) mass is 476 g/mol. The molecule has 0 N–H and O–H groups in total. The molecule has 0 fully saturated rings. The van der Waals surface area contributed by atoms with E-state index < -0.39 is 0 Å². The highest BCUT2D eigenvalue weighted by atomic mass is 16.3. The third-order valence-corrected chi connectivity index (χ3v) is 9.09. The van der Waals surface area contributed by atoms with Gasteiger partial charge in [0.1, 0.15) is 11.2 Å². The molecule has 0 radical (unpaired) electrons. The molecule has 37 heavy (non-hydrogen) atoms. The maximum absolute atomic E-state index is 6.52. The summed E-state index contributed by atoms with van der Waals surface area (Å²) in [4.78, 5) is 0. The second kappa shape index (κ2) is 6.81. The smallest absolute Gasteiger partial charge is 0.136 e. The molecule has 1 nitrogen and oxygen atoms in total. The lowest BCUT2D eigenvalue weighted by Gasteiger charge is -2.22. The van der Waals surface area contributed by atoms with E-state index in [0.717, 1.165) is 11.2 Å². The summed E-state index contributed by atoms with van der Waals surface area (Å²) in [5.74, 6) is 0. The summed E-state index contributed by atoms with van der Waals surface area (Å²) < 4.78 is 6.52. The van der Waals surface area contributed by atoms with E-state index in [9.17, 15) is 0 Å². The van der Waals surface area contributed by atoms with Gasteiger partial charge in [-0.1, -0.05) is 94.4 Å². The average Bonchev–Trinajstić information content (AvgIpc) is 3.47. The summed E-state index contributed by atoms with van der Waals surface area (Å²) in [7, 11) is 0. The minimum Gasteiger partial charge on any atom is -0.456 e. The van der Waals surface area contributed by atoms with Crippen LogP contribution in [0, 0.1) is 0 Å². The molecule has 1 heterocycles. The van der Waals surface area contributed by atoms with Gasteiger partial charge in [-0.15, -0.1) is 0 Å². The first-order valence-corrected chi connectivity index (χ1v) is 13.2. The third kappa shape index (κ3) is 2.64. The Balaban J connectivity index is 1.28. The fourth-order valence-electron chi connectivity index (χ4n) is 7.03. The summed E-state index contributed by atoms with van der Waals surface area (Å²) in [5.41, 5.74) is 15.3. The molecule has 2 aliphatic carbocycles. The van der Waals surface area contributed by atoms with Crippen molar-refractivity contribution in [1.29, 1.82) is 0 Å². The average molecular weight is 477 g/mol. The van der Waals surface area contributed by atoms with Crippen molar-refractivity contribution in [3.8, 4) is 33.4 Å². The van der Waals surface area contributed by atoms with Crippen LogP contribution < -0.4 is 0 Å². The molecule has 8 rings (SSSR count). The molecule has 1 aromatic heterocycles. The summed E-state index contributed by atoms with van der Waals surface area (Å²) in [6, 6.07) is 35.9.